The minimum Gasteiger partial charge on any atom is -0.375 e. The van der Waals surface area contributed by atoms with E-state index in [9.17, 15) is 18.0 Å². The van der Waals surface area contributed by atoms with E-state index in [1.54, 1.807) is 24.3 Å². The van der Waals surface area contributed by atoms with E-state index in [0.717, 1.165) is 12.1 Å². The summed E-state index contributed by atoms with van der Waals surface area (Å²) in [4.78, 5) is 11.9. The summed E-state index contributed by atoms with van der Waals surface area (Å²) >= 11 is 5.52. The Morgan fingerprint density at radius 3 is 2.58 bits per heavy atom. The van der Waals surface area contributed by atoms with Gasteiger partial charge in [0.25, 0.3) is 0 Å². The van der Waals surface area contributed by atoms with Crippen molar-refractivity contribution in [3.63, 3.8) is 0 Å². The zero-order valence-corrected chi connectivity index (χ0v) is 12.9. The molecule has 0 saturated heterocycles. The van der Waals surface area contributed by atoms with Gasteiger partial charge in [0.05, 0.1) is 28.4 Å². The lowest BCUT2D eigenvalue weighted by molar-refractivity contribution is -0.137. The van der Waals surface area contributed by atoms with E-state index >= 15 is 0 Å². The molecule has 4 nitrogen and oxygen atoms in total. The van der Waals surface area contributed by atoms with Gasteiger partial charge >= 0.3 is 6.18 Å². The molecule has 0 fully saturated rings. The monoisotopic (exact) mass is 353 g/mol. The van der Waals surface area contributed by atoms with Gasteiger partial charge in [-0.1, -0.05) is 23.7 Å². The molecule has 24 heavy (non-hydrogen) atoms. The van der Waals surface area contributed by atoms with Crippen LogP contribution in [0.2, 0.25) is 5.02 Å². The Morgan fingerprint density at radius 2 is 1.92 bits per heavy atom. The maximum atomic E-state index is 12.8. The van der Waals surface area contributed by atoms with E-state index in [-0.39, 0.29) is 12.2 Å². The molecular formula is C16H11ClF3N3O. The number of nitrogens with zero attached hydrogens (tertiary/aromatic N) is 1. The van der Waals surface area contributed by atoms with Crippen LogP contribution in [-0.2, 0) is 11.0 Å². The molecule has 0 spiro atoms. The van der Waals surface area contributed by atoms with Crippen molar-refractivity contribution in [2.75, 3.05) is 17.2 Å². The molecule has 8 heteroatoms. The lowest BCUT2D eigenvalue weighted by Gasteiger charge is -2.12. The van der Waals surface area contributed by atoms with Crippen LogP contribution < -0.4 is 10.6 Å². The minimum atomic E-state index is -4.61. The van der Waals surface area contributed by atoms with E-state index in [4.69, 9.17) is 16.9 Å². The molecule has 1 amide bonds. The summed E-state index contributed by atoms with van der Waals surface area (Å²) in [6.07, 6.45) is -4.61. The van der Waals surface area contributed by atoms with Crippen molar-refractivity contribution >= 4 is 28.9 Å². The molecule has 0 heterocycles. The molecule has 0 unspecified atom stereocenters. The number of benzene rings is 2. The lowest BCUT2D eigenvalue weighted by atomic mass is 10.2. The third kappa shape index (κ3) is 4.40. The number of alkyl halides is 3. The molecule has 2 aromatic rings. The fraction of sp³-hybridized carbons (Fsp3) is 0.125. The molecule has 0 aliphatic rings. The molecule has 0 radical (unpaired) electrons. The van der Waals surface area contributed by atoms with Crippen LogP contribution in [0.5, 0.6) is 0 Å². The van der Waals surface area contributed by atoms with Gasteiger partial charge in [0.1, 0.15) is 6.07 Å². The van der Waals surface area contributed by atoms with Gasteiger partial charge in [-0.3, -0.25) is 4.79 Å². The predicted octanol–water partition coefficient (Wildman–Crippen LogP) is 4.28. The second-order valence-corrected chi connectivity index (χ2v) is 5.16. The average Bonchev–Trinajstić information content (AvgIpc) is 2.54. The molecular weight excluding hydrogens is 343 g/mol. The SMILES string of the molecule is N#Cc1ccccc1NCC(=O)Nc1ccc(Cl)c(C(F)(F)F)c1. The van der Waals surface area contributed by atoms with Crippen LogP contribution in [0, 0.1) is 11.3 Å². The first kappa shape index (κ1) is 17.6. The number of rotatable bonds is 4. The molecule has 0 saturated carbocycles. The zero-order chi connectivity index (χ0) is 17.7. The predicted molar refractivity (Wildman–Crippen MR) is 84.7 cm³/mol. The fourth-order valence-corrected chi connectivity index (χ4v) is 2.16. The topological polar surface area (TPSA) is 64.9 Å². The van der Waals surface area contributed by atoms with Crippen LogP contribution in [0.4, 0.5) is 24.5 Å². The Hall–Kier alpha value is -2.72. The molecule has 0 atom stereocenters. The molecule has 0 bridgehead atoms. The first-order valence-electron chi connectivity index (χ1n) is 6.71. The van der Waals surface area contributed by atoms with Crippen LogP contribution in [0.3, 0.4) is 0 Å². The van der Waals surface area contributed by atoms with E-state index in [1.807, 2.05) is 6.07 Å². The van der Waals surface area contributed by atoms with Gasteiger partial charge in [-0.25, -0.2) is 0 Å². The Balaban J connectivity index is 2.04. The molecule has 124 valence electrons. The first-order chi connectivity index (χ1) is 11.3. The molecule has 2 rings (SSSR count). The largest absolute Gasteiger partial charge is 0.417 e. The molecule has 0 aliphatic carbocycles. The van der Waals surface area contributed by atoms with Crippen LogP contribution in [-0.4, -0.2) is 12.5 Å². The highest BCUT2D eigenvalue weighted by molar-refractivity contribution is 6.31. The lowest BCUT2D eigenvalue weighted by Crippen LogP contribution is -2.22. The molecule has 0 aliphatic heterocycles. The summed E-state index contributed by atoms with van der Waals surface area (Å²) in [5.41, 5.74) is -0.227. The van der Waals surface area contributed by atoms with Gasteiger partial charge in [0.15, 0.2) is 0 Å². The average molecular weight is 354 g/mol. The van der Waals surface area contributed by atoms with Crippen molar-refractivity contribution in [2.24, 2.45) is 0 Å². The number of halogens is 4. The number of amides is 1. The van der Waals surface area contributed by atoms with Crippen LogP contribution in [0.15, 0.2) is 42.5 Å². The van der Waals surface area contributed by atoms with Gasteiger partial charge in [-0.15, -0.1) is 0 Å². The Kier molecular flexibility index (Phi) is 5.31. The van der Waals surface area contributed by atoms with Gasteiger partial charge in [0, 0.05) is 5.69 Å². The maximum Gasteiger partial charge on any atom is 0.417 e. The standard InChI is InChI=1S/C16H11ClF3N3O/c17-13-6-5-11(7-12(13)16(18,19)20)23-15(24)9-22-14-4-2-1-3-10(14)8-21/h1-7,22H,9H2,(H,23,24). The number of hydrogen-bond acceptors (Lipinski definition) is 3. The zero-order valence-electron chi connectivity index (χ0n) is 12.1. The van der Waals surface area contributed by atoms with E-state index < -0.39 is 22.7 Å². The highest BCUT2D eigenvalue weighted by Gasteiger charge is 2.33. The van der Waals surface area contributed by atoms with Gasteiger partial charge in [-0.05, 0) is 30.3 Å². The number of para-hydroxylation sites is 1. The summed E-state index contributed by atoms with van der Waals surface area (Å²) in [5.74, 6) is -0.557. The highest BCUT2D eigenvalue weighted by atomic mass is 35.5. The van der Waals surface area contributed by atoms with Crippen molar-refractivity contribution in [3.8, 4) is 6.07 Å². The Morgan fingerprint density at radius 1 is 1.21 bits per heavy atom. The fourth-order valence-electron chi connectivity index (χ4n) is 1.94. The summed E-state index contributed by atoms with van der Waals surface area (Å²) in [6, 6.07) is 11.6. The number of nitrogens with one attached hydrogen (secondary N) is 2. The summed E-state index contributed by atoms with van der Waals surface area (Å²) in [5, 5.41) is 13.6. The highest BCUT2D eigenvalue weighted by Crippen LogP contribution is 2.36. The summed E-state index contributed by atoms with van der Waals surface area (Å²) in [6.45, 7) is -0.206. The van der Waals surface area contributed by atoms with Crippen molar-refractivity contribution in [3.05, 3.63) is 58.6 Å². The van der Waals surface area contributed by atoms with Crippen molar-refractivity contribution in [2.45, 2.75) is 6.18 Å². The van der Waals surface area contributed by atoms with Crippen molar-refractivity contribution in [1.82, 2.24) is 0 Å². The van der Waals surface area contributed by atoms with Gasteiger partial charge in [0.2, 0.25) is 5.91 Å². The third-order valence-corrected chi connectivity index (χ3v) is 3.37. The van der Waals surface area contributed by atoms with Crippen molar-refractivity contribution < 1.29 is 18.0 Å². The molecule has 0 aromatic heterocycles. The Labute approximate surface area is 140 Å². The van der Waals surface area contributed by atoms with Crippen LogP contribution >= 0.6 is 11.6 Å². The number of carbonyl (C=O) groups excluding carboxylic acids is 1. The quantitative estimate of drug-likeness (QED) is 0.862. The number of anilines is 2. The van der Waals surface area contributed by atoms with Gasteiger partial charge in [-0.2, -0.15) is 18.4 Å². The summed E-state index contributed by atoms with van der Waals surface area (Å²) in [7, 11) is 0. The minimum absolute atomic E-state index is 0.0212. The third-order valence-electron chi connectivity index (χ3n) is 3.04. The maximum absolute atomic E-state index is 12.8. The van der Waals surface area contributed by atoms with E-state index in [2.05, 4.69) is 10.6 Å². The number of nitriles is 1. The van der Waals surface area contributed by atoms with Crippen molar-refractivity contribution in [1.29, 1.82) is 5.26 Å². The molecule has 2 N–H and O–H groups in total. The molecule has 2 aromatic carbocycles. The first-order valence-corrected chi connectivity index (χ1v) is 7.08. The van der Waals surface area contributed by atoms with Crippen LogP contribution in [0.1, 0.15) is 11.1 Å². The number of hydrogen-bond donors (Lipinski definition) is 2. The second kappa shape index (κ2) is 7.23. The van der Waals surface area contributed by atoms with E-state index in [0.29, 0.717) is 11.3 Å². The summed E-state index contributed by atoms with van der Waals surface area (Å²) < 4.78 is 38.3. The van der Waals surface area contributed by atoms with Crippen LogP contribution in [0.25, 0.3) is 0 Å². The second-order valence-electron chi connectivity index (χ2n) is 4.75. The normalized spacial score (nSPS) is 10.8. The smallest absolute Gasteiger partial charge is 0.375 e. The Bertz CT molecular complexity index is 800. The number of carbonyl (C=O) groups is 1. The van der Waals surface area contributed by atoms with E-state index in [1.165, 1.54) is 6.07 Å². The van der Waals surface area contributed by atoms with Gasteiger partial charge < -0.3 is 10.6 Å².